The number of rotatable bonds is 5. The smallest absolute Gasteiger partial charge is 0.323 e. The van der Waals surface area contributed by atoms with Crippen molar-refractivity contribution in [1.29, 1.82) is 0 Å². The Morgan fingerprint density at radius 2 is 1.79 bits per heavy atom. The van der Waals surface area contributed by atoms with Gasteiger partial charge in [-0.3, -0.25) is 4.79 Å². The molecule has 0 aromatic heterocycles. The molecule has 0 radical (unpaired) electrons. The molecular formula is C9H18N2O3. The van der Waals surface area contributed by atoms with Crippen molar-refractivity contribution in [2.75, 3.05) is 13.1 Å². The van der Waals surface area contributed by atoms with E-state index in [4.69, 9.17) is 5.11 Å². The number of carbonyl (C=O) groups excluding carboxylic acids is 1. The lowest BCUT2D eigenvalue weighted by molar-refractivity contribution is -0.135. The van der Waals surface area contributed by atoms with E-state index in [0.717, 1.165) is 0 Å². The average molecular weight is 202 g/mol. The van der Waals surface area contributed by atoms with Gasteiger partial charge >= 0.3 is 12.0 Å². The Kier molecular flexibility index (Phi) is 5.67. The van der Waals surface area contributed by atoms with Gasteiger partial charge in [0.25, 0.3) is 0 Å². The van der Waals surface area contributed by atoms with Crippen molar-refractivity contribution in [3.8, 4) is 0 Å². The number of aliphatic carboxylic acids is 1. The number of carboxylic acids is 1. The van der Waals surface area contributed by atoms with Gasteiger partial charge in [-0.25, -0.2) is 4.79 Å². The molecule has 5 nitrogen and oxygen atoms in total. The molecule has 3 N–H and O–H groups in total. The molecule has 0 saturated carbocycles. The molecule has 0 aromatic carbocycles. The van der Waals surface area contributed by atoms with E-state index >= 15 is 0 Å². The highest BCUT2D eigenvalue weighted by atomic mass is 16.4. The molecule has 14 heavy (non-hydrogen) atoms. The molecule has 0 spiro atoms. The molecule has 5 heteroatoms. The fraction of sp³-hybridized carbons (Fsp3) is 0.778. The predicted octanol–water partition coefficient (Wildman–Crippen LogP) is 0.662. The van der Waals surface area contributed by atoms with Gasteiger partial charge in [-0.15, -0.1) is 0 Å². The van der Waals surface area contributed by atoms with Crippen LogP contribution in [0.4, 0.5) is 4.79 Å². The lowest BCUT2D eigenvalue weighted by atomic mass is 9.98. The average Bonchev–Trinajstić information content (AvgIpc) is 2.10. The van der Waals surface area contributed by atoms with Crippen LogP contribution in [-0.2, 0) is 4.79 Å². The summed E-state index contributed by atoms with van der Waals surface area (Å²) in [6.45, 7) is 6.39. The van der Waals surface area contributed by atoms with Crippen LogP contribution < -0.4 is 10.6 Å². The zero-order valence-electron chi connectivity index (χ0n) is 8.83. The molecule has 2 amide bonds. The SMILES string of the molecule is CC(C)C(C)CNC(=O)NCC(=O)O. The van der Waals surface area contributed by atoms with Crippen molar-refractivity contribution < 1.29 is 14.7 Å². The molecule has 82 valence electrons. The normalized spacial score (nSPS) is 12.3. The molecule has 1 atom stereocenters. The molecule has 0 saturated heterocycles. The summed E-state index contributed by atoms with van der Waals surface area (Å²) in [6, 6.07) is -0.431. The van der Waals surface area contributed by atoms with Crippen molar-refractivity contribution >= 4 is 12.0 Å². The maximum atomic E-state index is 11.0. The van der Waals surface area contributed by atoms with Crippen LogP contribution in [0.2, 0.25) is 0 Å². The summed E-state index contributed by atoms with van der Waals surface area (Å²) in [5.74, 6) is -0.169. The van der Waals surface area contributed by atoms with Crippen LogP contribution >= 0.6 is 0 Å². The first-order chi connectivity index (χ1) is 6.43. The maximum Gasteiger partial charge on any atom is 0.323 e. The first-order valence-corrected chi connectivity index (χ1v) is 4.67. The molecule has 0 bridgehead atoms. The van der Waals surface area contributed by atoms with Crippen LogP contribution in [-0.4, -0.2) is 30.2 Å². The predicted molar refractivity (Wildman–Crippen MR) is 53.0 cm³/mol. The minimum Gasteiger partial charge on any atom is -0.480 e. The molecule has 0 aromatic rings. The lowest BCUT2D eigenvalue weighted by Crippen LogP contribution is -2.40. The fourth-order valence-corrected chi connectivity index (χ4v) is 0.708. The second-order valence-electron chi connectivity index (χ2n) is 3.68. The second-order valence-corrected chi connectivity index (χ2v) is 3.68. The van der Waals surface area contributed by atoms with Crippen LogP contribution in [0.15, 0.2) is 0 Å². The number of hydrogen-bond donors (Lipinski definition) is 3. The summed E-state index contributed by atoms with van der Waals surface area (Å²) in [7, 11) is 0. The van der Waals surface area contributed by atoms with Crippen molar-refractivity contribution in [1.82, 2.24) is 10.6 Å². The second kappa shape index (κ2) is 6.23. The van der Waals surface area contributed by atoms with Crippen LogP contribution in [0.5, 0.6) is 0 Å². The number of amides is 2. The number of hydrogen-bond acceptors (Lipinski definition) is 2. The van der Waals surface area contributed by atoms with E-state index in [1.54, 1.807) is 0 Å². The highest BCUT2D eigenvalue weighted by Gasteiger charge is 2.08. The number of nitrogens with one attached hydrogen (secondary N) is 2. The van der Waals surface area contributed by atoms with Crippen molar-refractivity contribution in [3.63, 3.8) is 0 Å². The van der Waals surface area contributed by atoms with Crippen LogP contribution in [0, 0.1) is 11.8 Å². The minimum atomic E-state index is -1.04. The Hall–Kier alpha value is -1.26. The summed E-state index contributed by atoms with van der Waals surface area (Å²) in [6.07, 6.45) is 0. The highest BCUT2D eigenvalue weighted by molar-refractivity contribution is 5.79. The summed E-state index contributed by atoms with van der Waals surface area (Å²) in [5, 5.41) is 13.1. The third kappa shape index (κ3) is 6.28. The number of urea groups is 1. The van der Waals surface area contributed by atoms with E-state index in [1.807, 2.05) is 6.92 Å². The van der Waals surface area contributed by atoms with E-state index in [9.17, 15) is 9.59 Å². The molecule has 1 unspecified atom stereocenters. The maximum absolute atomic E-state index is 11.0. The topological polar surface area (TPSA) is 78.4 Å². The van der Waals surface area contributed by atoms with Gasteiger partial charge in [0.2, 0.25) is 0 Å². The van der Waals surface area contributed by atoms with Crippen molar-refractivity contribution in [2.24, 2.45) is 11.8 Å². The van der Waals surface area contributed by atoms with Crippen molar-refractivity contribution in [3.05, 3.63) is 0 Å². The zero-order chi connectivity index (χ0) is 11.1. The Morgan fingerprint density at radius 3 is 2.21 bits per heavy atom. The highest BCUT2D eigenvalue weighted by Crippen LogP contribution is 2.07. The van der Waals surface area contributed by atoms with Crippen molar-refractivity contribution in [2.45, 2.75) is 20.8 Å². The first kappa shape index (κ1) is 12.7. The Morgan fingerprint density at radius 1 is 1.21 bits per heavy atom. The van der Waals surface area contributed by atoms with Crippen LogP contribution in [0.1, 0.15) is 20.8 Å². The van der Waals surface area contributed by atoms with E-state index < -0.39 is 12.0 Å². The van der Waals surface area contributed by atoms with Gasteiger partial charge in [0.1, 0.15) is 6.54 Å². The van der Waals surface area contributed by atoms with Gasteiger partial charge in [0.15, 0.2) is 0 Å². The zero-order valence-corrected chi connectivity index (χ0v) is 8.83. The van der Waals surface area contributed by atoms with Gasteiger partial charge < -0.3 is 15.7 Å². The van der Waals surface area contributed by atoms with E-state index in [1.165, 1.54) is 0 Å². The Bertz CT molecular complexity index is 204. The summed E-state index contributed by atoms with van der Waals surface area (Å²) >= 11 is 0. The van der Waals surface area contributed by atoms with Gasteiger partial charge in [-0.2, -0.15) is 0 Å². The molecule has 0 rings (SSSR count). The largest absolute Gasteiger partial charge is 0.480 e. The minimum absolute atomic E-state index is 0.345. The summed E-state index contributed by atoms with van der Waals surface area (Å²) in [5.41, 5.74) is 0. The van der Waals surface area contributed by atoms with Gasteiger partial charge in [-0.05, 0) is 11.8 Å². The molecule has 0 heterocycles. The molecule has 0 aliphatic heterocycles. The van der Waals surface area contributed by atoms with E-state index in [-0.39, 0.29) is 6.54 Å². The third-order valence-corrected chi connectivity index (χ3v) is 2.12. The third-order valence-electron chi connectivity index (χ3n) is 2.12. The molecule has 0 aliphatic carbocycles. The molecular weight excluding hydrogens is 184 g/mol. The summed E-state index contributed by atoms with van der Waals surface area (Å²) in [4.78, 5) is 21.1. The quantitative estimate of drug-likeness (QED) is 0.613. The lowest BCUT2D eigenvalue weighted by Gasteiger charge is -2.15. The number of carboxylic acid groups (broad SMARTS) is 1. The van der Waals surface area contributed by atoms with Gasteiger partial charge in [-0.1, -0.05) is 20.8 Å². The van der Waals surface area contributed by atoms with Crippen LogP contribution in [0.3, 0.4) is 0 Å². The number of carbonyl (C=O) groups is 2. The fourth-order valence-electron chi connectivity index (χ4n) is 0.708. The molecule has 0 aliphatic rings. The Balaban J connectivity index is 3.58. The van der Waals surface area contributed by atoms with Gasteiger partial charge in [0, 0.05) is 6.54 Å². The Labute approximate surface area is 83.9 Å². The summed E-state index contributed by atoms with van der Waals surface area (Å²) < 4.78 is 0. The van der Waals surface area contributed by atoms with Crippen LogP contribution in [0.25, 0.3) is 0 Å². The monoisotopic (exact) mass is 202 g/mol. The van der Waals surface area contributed by atoms with E-state index in [2.05, 4.69) is 24.5 Å². The first-order valence-electron chi connectivity index (χ1n) is 4.67. The van der Waals surface area contributed by atoms with Gasteiger partial charge in [0.05, 0.1) is 0 Å². The molecule has 0 fully saturated rings. The van der Waals surface area contributed by atoms with E-state index in [0.29, 0.717) is 18.4 Å². The standard InChI is InChI=1S/C9H18N2O3/c1-6(2)7(3)4-10-9(14)11-5-8(12)13/h6-7H,4-5H2,1-3H3,(H,12,13)(H2,10,11,14).